The highest BCUT2D eigenvalue weighted by Crippen LogP contribution is 2.31. The van der Waals surface area contributed by atoms with Crippen LogP contribution in [0, 0.1) is 0 Å². The lowest BCUT2D eigenvalue weighted by Crippen LogP contribution is -2.04. The molecule has 1 aromatic rings. The molecule has 1 heterocycles. The summed E-state index contributed by atoms with van der Waals surface area (Å²) < 4.78 is 5.38. The molecular weight excluding hydrogens is 170 g/mol. The maximum absolute atomic E-state index is 5.38. The van der Waals surface area contributed by atoms with Crippen LogP contribution in [0.5, 0.6) is 5.75 Å². The molecule has 3 heteroatoms. The predicted octanol–water partition coefficient (Wildman–Crippen LogP) is 2.65. The third-order valence-electron chi connectivity index (χ3n) is 1.66. The van der Waals surface area contributed by atoms with E-state index in [-0.39, 0.29) is 0 Å². The quantitative estimate of drug-likeness (QED) is 0.716. The van der Waals surface area contributed by atoms with Crippen molar-refractivity contribution in [3.05, 3.63) is 35.6 Å². The first-order valence-electron chi connectivity index (χ1n) is 3.67. The van der Waals surface area contributed by atoms with Gasteiger partial charge in [0, 0.05) is 0 Å². The van der Waals surface area contributed by atoms with Gasteiger partial charge in [0.2, 0.25) is 0 Å². The van der Waals surface area contributed by atoms with E-state index in [2.05, 4.69) is 5.32 Å². The minimum Gasteiger partial charge on any atom is -0.460 e. The Hall–Kier alpha value is -1.09. The van der Waals surface area contributed by atoms with Gasteiger partial charge < -0.3 is 10.1 Å². The molecule has 0 atom stereocenters. The van der Waals surface area contributed by atoms with Crippen LogP contribution in [-0.4, -0.2) is 6.26 Å². The van der Waals surface area contributed by atoms with Crippen LogP contribution >= 0.6 is 11.8 Å². The van der Waals surface area contributed by atoms with Gasteiger partial charge in [0.1, 0.15) is 17.0 Å². The molecule has 0 aliphatic carbocycles. The van der Waals surface area contributed by atoms with E-state index in [0.29, 0.717) is 0 Å². The van der Waals surface area contributed by atoms with Crippen LogP contribution in [0.3, 0.4) is 0 Å². The van der Waals surface area contributed by atoms with Crippen LogP contribution in [-0.2, 0) is 0 Å². The number of thioether (sulfide) groups is 1. The second-order valence-corrected chi connectivity index (χ2v) is 3.27. The number of para-hydroxylation sites is 2. The van der Waals surface area contributed by atoms with Gasteiger partial charge in [-0.25, -0.2) is 0 Å². The lowest BCUT2D eigenvalue weighted by Gasteiger charge is -2.17. The van der Waals surface area contributed by atoms with E-state index in [1.807, 2.05) is 30.5 Å². The molecule has 0 radical (unpaired) electrons. The van der Waals surface area contributed by atoms with Gasteiger partial charge in [-0.05, 0) is 18.4 Å². The molecule has 1 N–H and O–H groups in total. The van der Waals surface area contributed by atoms with Gasteiger partial charge in [-0.2, -0.15) is 0 Å². The molecule has 0 fully saturated rings. The van der Waals surface area contributed by atoms with E-state index in [4.69, 9.17) is 4.74 Å². The molecule has 12 heavy (non-hydrogen) atoms. The Bertz CT molecular complexity index is 322. The molecule has 0 amide bonds. The Labute approximate surface area is 75.6 Å². The van der Waals surface area contributed by atoms with Crippen LogP contribution in [0.4, 0.5) is 5.69 Å². The molecule has 2 rings (SSSR count). The van der Waals surface area contributed by atoms with Crippen molar-refractivity contribution in [2.24, 2.45) is 0 Å². The summed E-state index contributed by atoms with van der Waals surface area (Å²) in [6.07, 6.45) is 3.74. The summed E-state index contributed by atoms with van der Waals surface area (Å²) in [5.41, 5.74) is 1.03. The number of ether oxygens (including phenoxy) is 1. The first-order chi connectivity index (χ1) is 5.90. The van der Waals surface area contributed by atoms with Gasteiger partial charge in [-0.15, -0.1) is 11.8 Å². The van der Waals surface area contributed by atoms with Gasteiger partial charge in [0.25, 0.3) is 0 Å². The van der Waals surface area contributed by atoms with Crippen LogP contribution in [0.25, 0.3) is 0 Å². The highest BCUT2D eigenvalue weighted by atomic mass is 32.2. The average Bonchev–Trinajstić information content (AvgIpc) is 2.17. The third-order valence-corrected chi connectivity index (χ3v) is 2.30. The van der Waals surface area contributed by atoms with Crippen molar-refractivity contribution in [3.8, 4) is 5.75 Å². The lowest BCUT2D eigenvalue weighted by molar-refractivity contribution is 0.475. The first-order valence-corrected chi connectivity index (χ1v) is 4.89. The van der Waals surface area contributed by atoms with Gasteiger partial charge >= 0.3 is 0 Å². The highest BCUT2D eigenvalue weighted by Gasteiger charge is 2.08. The van der Waals surface area contributed by atoms with E-state index >= 15 is 0 Å². The Morgan fingerprint density at radius 3 is 3.00 bits per heavy atom. The molecule has 2 nitrogen and oxygen atoms in total. The van der Waals surface area contributed by atoms with Crippen molar-refractivity contribution in [3.63, 3.8) is 0 Å². The fourth-order valence-electron chi connectivity index (χ4n) is 1.05. The summed E-state index contributed by atoms with van der Waals surface area (Å²) in [6.45, 7) is 0. The van der Waals surface area contributed by atoms with E-state index in [0.717, 1.165) is 16.5 Å². The smallest absolute Gasteiger partial charge is 0.150 e. The zero-order valence-electron chi connectivity index (χ0n) is 6.70. The minimum atomic E-state index is 0.885. The van der Waals surface area contributed by atoms with Gasteiger partial charge in [0.05, 0.1) is 5.69 Å². The second-order valence-electron chi connectivity index (χ2n) is 2.43. The Balaban J connectivity index is 2.31. The second kappa shape index (κ2) is 3.11. The molecule has 1 aromatic carbocycles. The van der Waals surface area contributed by atoms with E-state index in [1.54, 1.807) is 18.0 Å². The Morgan fingerprint density at radius 1 is 1.33 bits per heavy atom. The molecule has 1 aliphatic rings. The van der Waals surface area contributed by atoms with E-state index in [9.17, 15) is 0 Å². The first kappa shape index (κ1) is 7.55. The number of hydrogen-bond donors (Lipinski definition) is 1. The summed E-state index contributed by atoms with van der Waals surface area (Å²) in [7, 11) is 0. The zero-order valence-corrected chi connectivity index (χ0v) is 7.52. The molecule has 0 unspecified atom stereocenters. The number of nitrogens with one attached hydrogen (secondary N) is 1. The number of hydrogen-bond acceptors (Lipinski definition) is 3. The normalized spacial score (nSPS) is 13.9. The molecule has 1 aliphatic heterocycles. The van der Waals surface area contributed by atoms with E-state index < -0.39 is 0 Å². The van der Waals surface area contributed by atoms with Crippen molar-refractivity contribution < 1.29 is 4.74 Å². The van der Waals surface area contributed by atoms with Crippen molar-refractivity contribution in [2.45, 2.75) is 0 Å². The van der Waals surface area contributed by atoms with Gasteiger partial charge in [-0.1, -0.05) is 12.1 Å². The van der Waals surface area contributed by atoms with Crippen molar-refractivity contribution in [1.82, 2.24) is 0 Å². The maximum Gasteiger partial charge on any atom is 0.150 e. The average molecular weight is 179 g/mol. The molecular formula is C9H9NOS. The van der Waals surface area contributed by atoms with Crippen LogP contribution in [0.1, 0.15) is 0 Å². The summed E-state index contributed by atoms with van der Waals surface area (Å²) in [4.78, 5) is 0. The monoisotopic (exact) mass is 179 g/mol. The molecule has 0 aromatic heterocycles. The lowest BCUT2D eigenvalue weighted by atomic mass is 10.3. The number of benzene rings is 1. The van der Waals surface area contributed by atoms with Crippen molar-refractivity contribution in [1.29, 1.82) is 0 Å². The largest absolute Gasteiger partial charge is 0.460 e. The van der Waals surface area contributed by atoms with Gasteiger partial charge in [-0.3, -0.25) is 0 Å². The summed E-state index contributed by atoms with van der Waals surface area (Å²) in [5, 5.41) is 4.28. The minimum absolute atomic E-state index is 0.885. The van der Waals surface area contributed by atoms with Gasteiger partial charge in [0.15, 0.2) is 0 Å². The number of rotatable bonds is 1. The fraction of sp³-hybridized carbons (Fsp3) is 0.111. The summed E-state index contributed by atoms with van der Waals surface area (Å²) in [6, 6.07) is 7.88. The van der Waals surface area contributed by atoms with Crippen molar-refractivity contribution in [2.75, 3.05) is 11.6 Å². The standard InChI is InChI=1S/C9H9NOS/c1-12-9-6-11-8-5-3-2-4-7(8)10-9/h2-6,10H,1H3. The molecule has 62 valence electrons. The van der Waals surface area contributed by atoms with Crippen LogP contribution in [0.2, 0.25) is 0 Å². The number of anilines is 1. The molecule has 0 saturated heterocycles. The van der Waals surface area contributed by atoms with Crippen LogP contribution in [0.15, 0.2) is 35.6 Å². The highest BCUT2D eigenvalue weighted by molar-refractivity contribution is 8.02. The number of fused-ring (bicyclic) bond motifs is 1. The Morgan fingerprint density at radius 2 is 2.17 bits per heavy atom. The third kappa shape index (κ3) is 1.28. The zero-order chi connectivity index (χ0) is 8.39. The molecule has 0 saturated carbocycles. The predicted molar refractivity (Wildman–Crippen MR) is 52.3 cm³/mol. The molecule has 0 spiro atoms. The summed E-state index contributed by atoms with van der Waals surface area (Å²) in [5.74, 6) is 0.885. The van der Waals surface area contributed by atoms with E-state index in [1.165, 1.54) is 0 Å². The van der Waals surface area contributed by atoms with Crippen molar-refractivity contribution >= 4 is 17.4 Å². The SMILES string of the molecule is CSC1=COc2ccccc2N1. The summed E-state index contributed by atoms with van der Waals surface area (Å²) >= 11 is 1.63. The fourth-order valence-corrected chi connectivity index (χ4v) is 1.41. The Kier molecular flexibility index (Phi) is 1.96. The topological polar surface area (TPSA) is 21.3 Å². The van der Waals surface area contributed by atoms with Crippen LogP contribution < -0.4 is 10.1 Å². The maximum atomic E-state index is 5.38. The molecule has 0 bridgehead atoms.